The molecule has 0 saturated carbocycles. The largest absolute Gasteiger partial charge is 0.493 e. The van der Waals surface area contributed by atoms with Crippen molar-refractivity contribution in [2.45, 2.75) is 50.1 Å². The maximum absolute atomic E-state index is 12.9. The number of morpholine rings is 1. The molecular formula is C27H35N5O8S. The lowest BCUT2D eigenvalue weighted by molar-refractivity contribution is -0.384. The molecule has 2 aliphatic rings. The third-order valence-electron chi connectivity index (χ3n) is 7.19. The molecule has 14 heteroatoms. The van der Waals surface area contributed by atoms with E-state index in [9.17, 15) is 23.3 Å². The van der Waals surface area contributed by atoms with E-state index in [2.05, 4.69) is 10.5 Å². The Bertz CT molecular complexity index is 1380. The van der Waals surface area contributed by atoms with Crippen LogP contribution in [0.4, 0.5) is 11.4 Å². The number of nitro groups is 1. The number of rotatable bonds is 10. The summed E-state index contributed by atoms with van der Waals surface area (Å²) in [5.74, 6) is 0.716. The van der Waals surface area contributed by atoms with Gasteiger partial charge in [0.1, 0.15) is 5.69 Å². The van der Waals surface area contributed by atoms with Gasteiger partial charge < -0.3 is 19.1 Å². The number of nitrogens with one attached hydrogen (secondary N) is 1. The van der Waals surface area contributed by atoms with Crippen LogP contribution in [0.2, 0.25) is 0 Å². The highest BCUT2D eigenvalue weighted by molar-refractivity contribution is 7.89. The van der Waals surface area contributed by atoms with E-state index in [1.54, 1.807) is 18.2 Å². The minimum atomic E-state index is -3.90. The smallest absolute Gasteiger partial charge is 0.295 e. The standard InChI is InChI=1S/C27H35N5O8S/c1-19-5-4-6-20(2)31(19)27(33)18-40-25-10-7-21(15-26(25)38-3)17-28-29-23-9-8-22(16-24(23)32(34)35)41(36,37)30-11-13-39-14-12-30/h7-10,15-17,19-20,29H,4-6,11-14,18H2,1-3H3/b28-17-/t19-,20-/m0/s1. The predicted molar refractivity (Wildman–Crippen MR) is 152 cm³/mol. The highest BCUT2D eigenvalue weighted by atomic mass is 32.2. The van der Waals surface area contributed by atoms with Gasteiger partial charge in [-0.2, -0.15) is 9.41 Å². The fraction of sp³-hybridized carbons (Fsp3) is 0.481. The normalized spacial score (nSPS) is 20.1. The van der Waals surface area contributed by atoms with Gasteiger partial charge in [-0.25, -0.2) is 8.42 Å². The van der Waals surface area contributed by atoms with Crippen LogP contribution in [-0.2, 0) is 19.6 Å². The van der Waals surface area contributed by atoms with Crippen LogP contribution in [0.25, 0.3) is 0 Å². The molecule has 222 valence electrons. The molecule has 2 heterocycles. The topological polar surface area (TPSA) is 153 Å². The molecule has 41 heavy (non-hydrogen) atoms. The summed E-state index contributed by atoms with van der Waals surface area (Å²) < 4.78 is 43.5. The second kappa shape index (κ2) is 13.3. The number of ether oxygens (including phenoxy) is 3. The Morgan fingerprint density at radius 3 is 2.51 bits per heavy atom. The molecule has 0 spiro atoms. The van der Waals surface area contributed by atoms with Crippen molar-refractivity contribution in [1.82, 2.24) is 9.21 Å². The Morgan fingerprint density at radius 2 is 1.85 bits per heavy atom. The highest BCUT2D eigenvalue weighted by Crippen LogP contribution is 2.31. The summed E-state index contributed by atoms with van der Waals surface area (Å²) >= 11 is 0. The second-order valence-corrected chi connectivity index (χ2v) is 11.9. The molecule has 2 saturated heterocycles. The molecular weight excluding hydrogens is 554 g/mol. The van der Waals surface area contributed by atoms with Gasteiger partial charge in [0.2, 0.25) is 10.0 Å². The summed E-state index contributed by atoms with van der Waals surface area (Å²) in [6, 6.07) is 8.98. The number of amides is 1. The van der Waals surface area contributed by atoms with Crippen molar-refractivity contribution in [2.24, 2.45) is 5.10 Å². The number of benzene rings is 2. The average molecular weight is 590 g/mol. The van der Waals surface area contributed by atoms with Crippen LogP contribution in [0, 0.1) is 10.1 Å². The van der Waals surface area contributed by atoms with Gasteiger partial charge in [0.15, 0.2) is 18.1 Å². The Morgan fingerprint density at radius 1 is 1.15 bits per heavy atom. The van der Waals surface area contributed by atoms with E-state index >= 15 is 0 Å². The maximum Gasteiger partial charge on any atom is 0.295 e. The predicted octanol–water partition coefficient (Wildman–Crippen LogP) is 3.24. The van der Waals surface area contributed by atoms with Crippen molar-refractivity contribution in [3.8, 4) is 11.5 Å². The van der Waals surface area contributed by atoms with E-state index < -0.39 is 20.6 Å². The number of hydrazone groups is 1. The lowest BCUT2D eigenvalue weighted by Crippen LogP contribution is -2.49. The Balaban J connectivity index is 1.43. The number of hydrogen-bond donors (Lipinski definition) is 1. The van der Waals surface area contributed by atoms with Crippen LogP contribution in [0.5, 0.6) is 11.5 Å². The van der Waals surface area contributed by atoms with E-state index in [-0.39, 0.29) is 61.5 Å². The van der Waals surface area contributed by atoms with Gasteiger partial charge in [-0.15, -0.1) is 0 Å². The number of carbonyl (C=O) groups is 1. The molecule has 0 unspecified atom stereocenters. The number of piperidine rings is 1. The molecule has 2 atom stereocenters. The molecule has 4 rings (SSSR count). The first-order valence-corrected chi connectivity index (χ1v) is 14.8. The maximum atomic E-state index is 12.9. The first kappa shape index (κ1) is 30.2. The molecule has 2 aromatic carbocycles. The minimum Gasteiger partial charge on any atom is -0.493 e. The van der Waals surface area contributed by atoms with E-state index in [0.717, 1.165) is 25.3 Å². The van der Waals surface area contributed by atoms with Gasteiger partial charge in [0.25, 0.3) is 11.6 Å². The molecule has 1 amide bonds. The molecule has 2 aromatic rings. The van der Waals surface area contributed by atoms with Crippen molar-refractivity contribution >= 4 is 33.5 Å². The number of anilines is 1. The van der Waals surface area contributed by atoms with E-state index in [1.807, 2.05) is 18.7 Å². The van der Waals surface area contributed by atoms with E-state index in [4.69, 9.17) is 14.2 Å². The molecule has 2 fully saturated rings. The van der Waals surface area contributed by atoms with Crippen molar-refractivity contribution in [1.29, 1.82) is 0 Å². The van der Waals surface area contributed by atoms with Gasteiger partial charge in [-0.05, 0) is 69.0 Å². The molecule has 0 bridgehead atoms. The number of methoxy groups -OCH3 is 1. The van der Waals surface area contributed by atoms with Gasteiger partial charge >= 0.3 is 0 Å². The summed E-state index contributed by atoms with van der Waals surface area (Å²) in [7, 11) is -2.42. The zero-order chi connectivity index (χ0) is 29.6. The van der Waals surface area contributed by atoms with Gasteiger partial charge in [-0.3, -0.25) is 20.3 Å². The average Bonchev–Trinajstić information content (AvgIpc) is 2.96. The van der Waals surface area contributed by atoms with E-state index in [0.29, 0.717) is 17.1 Å². The van der Waals surface area contributed by atoms with Crippen LogP contribution in [0.1, 0.15) is 38.7 Å². The van der Waals surface area contributed by atoms with Crippen LogP contribution < -0.4 is 14.9 Å². The number of likely N-dealkylation sites (tertiary alicyclic amines) is 1. The fourth-order valence-corrected chi connectivity index (χ4v) is 6.47. The summed E-state index contributed by atoms with van der Waals surface area (Å²) in [4.78, 5) is 25.5. The van der Waals surface area contributed by atoms with E-state index in [1.165, 1.54) is 29.8 Å². The SMILES string of the molecule is COc1cc(/C=N\Nc2ccc(S(=O)(=O)N3CCOCC3)cc2[N+](=O)[O-])ccc1OCC(=O)N1[C@@H](C)CCC[C@@H]1C. The van der Waals surface area contributed by atoms with Crippen LogP contribution in [0.15, 0.2) is 46.4 Å². The fourth-order valence-electron chi connectivity index (χ4n) is 5.04. The Labute approximate surface area is 239 Å². The Hall–Kier alpha value is -3.75. The van der Waals surface area contributed by atoms with Crippen molar-refractivity contribution in [3.63, 3.8) is 0 Å². The summed E-state index contributed by atoms with van der Waals surface area (Å²) in [6.07, 6.45) is 4.48. The van der Waals surface area contributed by atoms with Gasteiger partial charge in [-0.1, -0.05) is 0 Å². The zero-order valence-corrected chi connectivity index (χ0v) is 24.1. The van der Waals surface area contributed by atoms with Gasteiger partial charge in [0.05, 0.1) is 36.4 Å². The van der Waals surface area contributed by atoms with Gasteiger partial charge in [0, 0.05) is 31.2 Å². The minimum absolute atomic E-state index is 0.0266. The first-order chi connectivity index (χ1) is 19.6. The number of hydrogen-bond acceptors (Lipinski definition) is 10. The molecule has 0 aliphatic carbocycles. The zero-order valence-electron chi connectivity index (χ0n) is 23.3. The molecule has 13 nitrogen and oxygen atoms in total. The highest BCUT2D eigenvalue weighted by Gasteiger charge is 2.30. The van der Waals surface area contributed by atoms with Crippen LogP contribution in [-0.4, -0.2) is 86.8 Å². The molecule has 2 aliphatic heterocycles. The lowest BCUT2D eigenvalue weighted by atomic mass is 9.97. The second-order valence-electron chi connectivity index (χ2n) is 9.95. The Kier molecular flexibility index (Phi) is 9.78. The third kappa shape index (κ3) is 7.13. The molecule has 1 N–H and O–H groups in total. The van der Waals surface area contributed by atoms with Crippen molar-refractivity contribution < 1.29 is 32.3 Å². The number of sulfonamides is 1. The number of nitrogens with zero attached hydrogens (tertiary/aromatic N) is 4. The molecule has 0 aromatic heterocycles. The summed E-state index contributed by atoms with van der Waals surface area (Å²) in [5.41, 5.74) is 2.81. The van der Waals surface area contributed by atoms with Crippen molar-refractivity contribution in [3.05, 3.63) is 52.1 Å². The summed E-state index contributed by atoms with van der Waals surface area (Å²) in [6.45, 7) is 4.88. The first-order valence-electron chi connectivity index (χ1n) is 13.4. The van der Waals surface area contributed by atoms with Crippen LogP contribution in [0.3, 0.4) is 0 Å². The molecule has 0 radical (unpaired) electrons. The summed E-state index contributed by atoms with van der Waals surface area (Å²) in [5, 5.41) is 15.8. The quantitative estimate of drug-likeness (QED) is 0.250. The monoisotopic (exact) mass is 589 g/mol. The van der Waals surface area contributed by atoms with Crippen molar-refractivity contribution in [2.75, 3.05) is 45.4 Å². The number of nitro benzene ring substituents is 1. The third-order valence-corrected chi connectivity index (χ3v) is 9.09. The van der Waals surface area contributed by atoms with Crippen LogP contribution >= 0.6 is 0 Å². The number of carbonyl (C=O) groups excluding carboxylic acids is 1. The lowest BCUT2D eigenvalue weighted by Gasteiger charge is -2.39.